The predicted molar refractivity (Wildman–Crippen MR) is 82.9 cm³/mol. The second-order valence-corrected chi connectivity index (χ2v) is 6.28. The van der Waals surface area contributed by atoms with E-state index in [4.69, 9.17) is 28.9 Å². The zero-order valence-electron chi connectivity index (χ0n) is 11.5. The number of anilines is 1. The number of benzene rings is 1. The summed E-state index contributed by atoms with van der Waals surface area (Å²) in [6, 6.07) is 4.47. The van der Waals surface area contributed by atoms with E-state index in [1.165, 1.54) is 12.8 Å². The molecule has 0 saturated carbocycles. The third kappa shape index (κ3) is 3.76. The van der Waals surface area contributed by atoms with Crippen LogP contribution in [0.2, 0.25) is 10.0 Å². The summed E-state index contributed by atoms with van der Waals surface area (Å²) in [5, 5.41) is 1.09. The van der Waals surface area contributed by atoms with Crippen molar-refractivity contribution in [2.24, 2.45) is 0 Å². The maximum atomic E-state index is 6.08. The first kappa shape index (κ1) is 14.9. The van der Waals surface area contributed by atoms with Gasteiger partial charge in [-0.3, -0.25) is 4.90 Å². The molecule has 1 saturated heterocycles. The molecule has 3 nitrogen and oxygen atoms in total. The van der Waals surface area contributed by atoms with Crippen molar-refractivity contribution in [1.82, 2.24) is 9.80 Å². The van der Waals surface area contributed by atoms with Gasteiger partial charge in [0.25, 0.3) is 0 Å². The molecule has 2 rings (SSSR count). The van der Waals surface area contributed by atoms with Crippen molar-refractivity contribution in [1.29, 1.82) is 0 Å². The molecule has 0 aromatic heterocycles. The van der Waals surface area contributed by atoms with E-state index >= 15 is 0 Å². The second kappa shape index (κ2) is 6.31. The van der Waals surface area contributed by atoms with Crippen LogP contribution in [0.3, 0.4) is 0 Å². The van der Waals surface area contributed by atoms with Crippen LogP contribution in [0.5, 0.6) is 0 Å². The predicted octanol–water partition coefficient (Wildman–Crippen LogP) is 3.10. The number of nitrogens with zero attached hydrogens (tertiary/aromatic N) is 2. The zero-order chi connectivity index (χ0) is 14.0. The second-order valence-electron chi connectivity index (χ2n) is 5.47. The number of nitrogen functional groups attached to an aromatic ring is 1. The molecule has 1 atom stereocenters. The Balaban J connectivity index is 2.05. The number of hydrogen-bond donors (Lipinski definition) is 1. The van der Waals surface area contributed by atoms with Crippen LogP contribution >= 0.6 is 23.2 Å². The molecule has 1 aliphatic rings. The summed E-state index contributed by atoms with van der Waals surface area (Å²) in [6.45, 7) is 3.10. The van der Waals surface area contributed by atoms with Gasteiger partial charge < -0.3 is 10.6 Å². The van der Waals surface area contributed by atoms with E-state index in [0.29, 0.717) is 21.8 Å². The van der Waals surface area contributed by atoms with Crippen LogP contribution in [0.4, 0.5) is 5.69 Å². The van der Waals surface area contributed by atoms with Crippen LogP contribution in [0.1, 0.15) is 18.4 Å². The van der Waals surface area contributed by atoms with E-state index in [-0.39, 0.29) is 0 Å². The highest BCUT2D eigenvalue weighted by molar-refractivity contribution is 6.38. The minimum atomic E-state index is 0.469. The molecular weight excluding hydrogens is 281 g/mol. The lowest BCUT2D eigenvalue weighted by molar-refractivity contribution is 0.128. The van der Waals surface area contributed by atoms with E-state index < -0.39 is 0 Å². The van der Waals surface area contributed by atoms with Gasteiger partial charge >= 0.3 is 0 Å². The monoisotopic (exact) mass is 301 g/mol. The van der Waals surface area contributed by atoms with Gasteiger partial charge in [0, 0.05) is 19.1 Å². The highest BCUT2D eigenvalue weighted by Gasteiger charge is 2.21. The van der Waals surface area contributed by atoms with Crippen molar-refractivity contribution in [3.63, 3.8) is 0 Å². The molecule has 0 radical (unpaired) electrons. The van der Waals surface area contributed by atoms with E-state index in [2.05, 4.69) is 23.9 Å². The number of rotatable bonds is 3. The Kier molecular flexibility index (Phi) is 4.96. The van der Waals surface area contributed by atoms with E-state index in [9.17, 15) is 0 Å². The minimum absolute atomic E-state index is 0.469. The van der Waals surface area contributed by atoms with Crippen LogP contribution in [0, 0.1) is 0 Å². The third-order valence-corrected chi connectivity index (χ3v) is 4.38. The van der Waals surface area contributed by atoms with Crippen molar-refractivity contribution >= 4 is 28.9 Å². The molecule has 0 amide bonds. The highest BCUT2D eigenvalue weighted by Crippen LogP contribution is 2.29. The van der Waals surface area contributed by atoms with Gasteiger partial charge in [-0.15, -0.1) is 0 Å². The molecule has 0 spiro atoms. The first-order chi connectivity index (χ1) is 8.97. The molecule has 1 aliphatic heterocycles. The average molecular weight is 302 g/mol. The third-order valence-electron chi connectivity index (χ3n) is 3.76. The van der Waals surface area contributed by atoms with Crippen LogP contribution in [-0.2, 0) is 6.54 Å². The molecule has 106 valence electrons. The highest BCUT2D eigenvalue weighted by atomic mass is 35.5. The first-order valence-corrected chi connectivity index (χ1v) is 7.35. The van der Waals surface area contributed by atoms with Crippen LogP contribution in [-0.4, -0.2) is 43.0 Å². The van der Waals surface area contributed by atoms with E-state index in [1.54, 1.807) is 0 Å². The van der Waals surface area contributed by atoms with E-state index in [0.717, 1.165) is 25.2 Å². The lowest BCUT2D eigenvalue weighted by Crippen LogP contribution is -2.44. The van der Waals surface area contributed by atoms with Gasteiger partial charge in [0.15, 0.2) is 0 Å². The molecule has 19 heavy (non-hydrogen) atoms. The maximum Gasteiger partial charge on any atom is 0.0693 e. The molecule has 1 heterocycles. The Labute approximate surface area is 125 Å². The first-order valence-electron chi connectivity index (χ1n) is 6.59. The maximum absolute atomic E-state index is 6.08. The van der Waals surface area contributed by atoms with Crippen molar-refractivity contribution in [2.45, 2.75) is 25.4 Å². The summed E-state index contributed by atoms with van der Waals surface area (Å²) in [7, 11) is 4.29. The molecular formula is C14H21Cl2N3. The Morgan fingerprint density at radius 1 is 1.32 bits per heavy atom. The van der Waals surface area contributed by atoms with Gasteiger partial charge in [-0.1, -0.05) is 23.2 Å². The quantitative estimate of drug-likeness (QED) is 0.871. The van der Waals surface area contributed by atoms with Crippen molar-refractivity contribution in [3.05, 3.63) is 27.7 Å². The summed E-state index contributed by atoms with van der Waals surface area (Å²) < 4.78 is 0. The minimum Gasteiger partial charge on any atom is -0.396 e. The number of halogens is 2. The SMILES string of the molecule is CN(C)C1CCCN(Cc2cc(Cl)c(N)c(Cl)c2)C1. The molecule has 1 aromatic carbocycles. The lowest BCUT2D eigenvalue weighted by Gasteiger charge is -2.36. The van der Waals surface area contributed by atoms with Crippen molar-refractivity contribution < 1.29 is 0 Å². The van der Waals surface area contributed by atoms with Gasteiger partial charge in [-0.2, -0.15) is 0 Å². The Bertz CT molecular complexity index is 425. The number of nitrogens with two attached hydrogens (primary N) is 1. The van der Waals surface area contributed by atoms with Crippen molar-refractivity contribution in [3.8, 4) is 0 Å². The normalized spacial score (nSPS) is 21.0. The smallest absolute Gasteiger partial charge is 0.0693 e. The molecule has 1 fully saturated rings. The standard InChI is InChI=1S/C14H21Cl2N3/c1-18(2)11-4-3-5-19(9-11)8-10-6-12(15)14(17)13(16)7-10/h6-7,11H,3-5,8-9,17H2,1-2H3. The lowest BCUT2D eigenvalue weighted by atomic mass is 10.0. The van der Waals surface area contributed by atoms with Gasteiger partial charge in [0.05, 0.1) is 15.7 Å². The molecule has 1 unspecified atom stereocenters. The van der Waals surface area contributed by atoms with Gasteiger partial charge in [0.2, 0.25) is 0 Å². The summed E-state index contributed by atoms with van der Waals surface area (Å²) >= 11 is 12.2. The Morgan fingerprint density at radius 2 is 1.95 bits per heavy atom. The van der Waals surface area contributed by atoms with E-state index in [1.807, 2.05) is 12.1 Å². The molecule has 0 aliphatic carbocycles. The topological polar surface area (TPSA) is 32.5 Å². The van der Waals surface area contributed by atoms with Gasteiger partial charge in [-0.25, -0.2) is 0 Å². The van der Waals surface area contributed by atoms with Crippen LogP contribution in [0.25, 0.3) is 0 Å². The summed E-state index contributed by atoms with van der Waals surface area (Å²) in [5.74, 6) is 0. The average Bonchev–Trinajstić information content (AvgIpc) is 2.36. The molecule has 0 bridgehead atoms. The number of likely N-dealkylation sites (N-methyl/N-ethyl adjacent to an activating group) is 1. The van der Waals surface area contributed by atoms with Gasteiger partial charge in [0.1, 0.15) is 0 Å². The Hall–Kier alpha value is -0.480. The molecule has 5 heteroatoms. The summed E-state index contributed by atoms with van der Waals surface area (Å²) in [4.78, 5) is 4.75. The Morgan fingerprint density at radius 3 is 2.53 bits per heavy atom. The van der Waals surface area contributed by atoms with Crippen LogP contribution < -0.4 is 5.73 Å². The fourth-order valence-corrected chi connectivity index (χ4v) is 3.11. The summed E-state index contributed by atoms with van der Waals surface area (Å²) in [6.07, 6.45) is 2.51. The van der Waals surface area contributed by atoms with Crippen LogP contribution in [0.15, 0.2) is 12.1 Å². The fourth-order valence-electron chi connectivity index (χ4n) is 2.58. The molecule has 2 N–H and O–H groups in total. The number of likely N-dealkylation sites (tertiary alicyclic amines) is 1. The van der Waals surface area contributed by atoms with Crippen molar-refractivity contribution in [2.75, 3.05) is 32.9 Å². The fraction of sp³-hybridized carbons (Fsp3) is 0.571. The summed E-state index contributed by atoms with van der Waals surface area (Å²) in [5.41, 5.74) is 7.36. The largest absolute Gasteiger partial charge is 0.396 e. The molecule has 1 aromatic rings. The zero-order valence-corrected chi connectivity index (χ0v) is 13.0. The number of hydrogen-bond acceptors (Lipinski definition) is 3. The number of piperidine rings is 1. The van der Waals surface area contributed by atoms with Gasteiger partial charge in [-0.05, 0) is 51.2 Å².